The van der Waals surface area contributed by atoms with Gasteiger partial charge in [0.2, 0.25) is 0 Å². The van der Waals surface area contributed by atoms with E-state index in [1.165, 1.54) is 12.1 Å². The van der Waals surface area contributed by atoms with Crippen molar-refractivity contribution >= 4 is 34.0 Å². The summed E-state index contributed by atoms with van der Waals surface area (Å²) in [5.74, 6) is 0. The highest BCUT2D eigenvalue weighted by molar-refractivity contribution is 14.1. The zero-order valence-electron chi connectivity index (χ0n) is 8.68. The maximum Gasteiger partial charge on any atom is 0.270 e. The normalized spacial score (nSPS) is 10.2. The molecule has 0 atom stereocenters. The molecular formula is C10H9IN4O2. The lowest BCUT2D eigenvalue weighted by Crippen LogP contribution is -2.00. The standard InChI is InChI=1S/C10H9IN4O2/c11-9-3-8(15(16)17)1-2-10(9)12-4-7-5-13-14-6-7/h1-3,5-6,12H,4H2,(H,13,14). The van der Waals surface area contributed by atoms with Crippen LogP contribution in [0.3, 0.4) is 0 Å². The Labute approximate surface area is 111 Å². The van der Waals surface area contributed by atoms with Gasteiger partial charge in [-0.2, -0.15) is 5.10 Å². The number of aromatic amines is 1. The number of nitrogens with one attached hydrogen (secondary N) is 2. The largest absolute Gasteiger partial charge is 0.380 e. The van der Waals surface area contributed by atoms with Crippen LogP contribution in [0.15, 0.2) is 30.6 Å². The first-order chi connectivity index (χ1) is 8.16. The van der Waals surface area contributed by atoms with Crippen LogP contribution in [-0.4, -0.2) is 15.1 Å². The molecule has 6 nitrogen and oxygen atoms in total. The van der Waals surface area contributed by atoms with Crippen molar-refractivity contribution < 1.29 is 4.92 Å². The molecule has 1 aromatic heterocycles. The van der Waals surface area contributed by atoms with E-state index in [2.05, 4.69) is 38.1 Å². The Morgan fingerprint density at radius 1 is 1.53 bits per heavy atom. The first kappa shape index (κ1) is 11.8. The van der Waals surface area contributed by atoms with Crippen LogP contribution in [0.25, 0.3) is 0 Å². The van der Waals surface area contributed by atoms with Gasteiger partial charge in [-0.1, -0.05) is 0 Å². The smallest absolute Gasteiger partial charge is 0.270 e. The Bertz CT molecular complexity index is 527. The third kappa shape index (κ3) is 2.93. The Kier molecular flexibility index (Phi) is 3.57. The number of benzene rings is 1. The molecule has 1 heterocycles. The van der Waals surface area contributed by atoms with Gasteiger partial charge in [0.25, 0.3) is 5.69 Å². The Hall–Kier alpha value is -1.64. The predicted molar refractivity (Wildman–Crippen MR) is 71.7 cm³/mol. The van der Waals surface area contributed by atoms with Crippen LogP contribution in [0.1, 0.15) is 5.56 Å². The summed E-state index contributed by atoms with van der Waals surface area (Å²) >= 11 is 2.07. The second-order valence-corrected chi connectivity index (χ2v) is 4.54. The van der Waals surface area contributed by atoms with E-state index in [1.807, 2.05) is 0 Å². The molecule has 1 aromatic carbocycles. The Morgan fingerprint density at radius 2 is 2.35 bits per heavy atom. The van der Waals surface area contributed by atoms with Gasteiger partial charge in [0.1, 0.15) is 0 Å². The maximum atomic E-state index is 10.6. The van der Waals surface area contributed by atoms with Gasteiger partial charge < -0.3 is 5.32 Å². The lowest BCUT2D eigenvalue weighted by molar-refractivity contribution is -0.384. The topological polar surface area (TPSA) is 83.8 Å². The number of aromatic nitrogens is 2. The van der Waals surface area contributed by atoms with Gasteiger partial charge in [-0.25, -0.2) is 0 Å². The van der Waals surface area contributed by atoms with Crippen molar-refractivity contribution in [2.45, 2.75) is 6.54 Å². The molecule has 2 aromatic rings. The lowest BCUT2D eigenvalue weighted by atomic mass is 10.2. The molecule has 88 valence electrons. The van der Waals surface area contributed by atoms with E-state index in [1.54, 1.807) is 18.5 Å². The minimum atomic E-state index is -0.401. The number of nitro benzene ring substituents is 1. The summed E-state index contributed by atoms with van der Waals surface area (Å²) in [6.07, 6.45) is 3.52. The summed E-state index contributed by atoms with van der Waals surface area (Å²) in [4.78, 5) is 10.2. The van der Waals surface area contributed by atoms with E-state index in [9.17, 15) is 10.1 Å². The van der Waals surface area contributed by atoms with Crippen molar-refractivity contribution in [2.75, 3.05) is 5.32 Å². The molecule has 0 spiro atoms. The van der Waals surface area contributed by atoms with E-state index >= 15 is 0 Å². The van der Waals surface area contributed by atoms with Gasteiger partial charge >= 0.3 is 0 Å². The summed E-state index contributed by atoms with van der Waals surface area (Å²) in [6, 6.07) is 4.73. The summed E-state index contributed by atoms with van der Waals surface area (Å²) in [5, 5.41) is 20.3. The number of non-ortho nitro benzene ring substituents is 1. The molecule has 2 N–H and O–H groups in total. The second kappa shape index (κ2) is 5.13. The number of hydrogen-bond donors (Lipinski definition) is 2. The highest BCUT2D eigenvalue weighted by Gasteiger charge is 2.08. The Morgan fingerprint density at radius 3 is 2.94 bits per heavy atom. The molecule has 0 fully saturated rings. The summed E-state index contributed by atoms with van der Waals surface area (Å²) in [5.41, 5.74) is 2.00. The van der Waals surface area contributed by atoms with Crippen LogP contribution >= 0.6 is 22.6 Å². The van der Waals surface area contributed by atoms with Crippen LogP contribution in [0.5, 0.6) is 0 Å². The van der Waals surface area contributed by atoms with E-state index in [4.69, 9.17) is 0 Å². The summed E-state index contributed by atoms with van der Waals surface area (Å²) in [7, 11) is 0. The zero-order valence-corrected chi connectivity index (χ0v) is 10.8. The first-order valence-corrected chi connectivity index (χ1v) is 5.90. The average Bonchev–Trinajstić information content (AvgIpc) is 2.80. The molecule has 0 aliphatic carbocycles. The number of halogens is 1. The maximum absolute atomic E-state index is 10.6. The molecule has 0 bridgehead atoms. The molecular weight excluding hydrogens is 335 g/mol. The monoisotopic (exact) mass is 344 g/mol. The van der Waals surface area contributed by atoms with Crippen LogP contribution in [0, 0.1) is 13.7 Å². The molecule has 0 aliphatic rings. The minimum absolute atomic E-state index is 0.100. The van der Waals surface area contributed by atoms with Crippen LogP contribution in [0.2, 0.25) is 0 Å². The van der Waals surface area contributed by atoms with Crippen molar-refractivity contribution in [1.82, 2.24) is 10.2 Å². The number of nitro groups is 1. The summed E-state index contributed by atoms with van der Waals surface area (Å²) < 4.78 is 0.820. The molecule has 0 saturated heterocycles. The summed E-state index contributed by atoms with van der Waals surface area (Å²) in [6.45, 7) is 0.629. The highest BCUT2D eigenvalue weighted by Crippen LogP contribution is 2.23. The van der Waals surface area contributed by atoms with Crippen molar-refractivity contribution in [3.63, 3.8) is 0 Å². The zero-order chi connectivity index (χ0) is 12.3. The van der Waals surface area contributed by atoms with Crippen LogP contribution in [-0.2, 0) is 6.54 Å². The fourth-order valence-corrected chi connectivity index (χ4v) is 2.02. The lowest BCUT2D eigenvalue weighted by Gasteiger charge is -2.06. The third-order valence-electron chi connectivity index (χ3n) is 2.20. The fraction of sp³-hybridized carbons (Fsp3) is 0.100. The van der Waals surface area contributed by atoms with Gasteiger partial charge in [0.05, 0.1) is 11.1 Å². The fourth-order valence-electron chi connectivity index (χ4n) is 1.33. The number of hydrogen-bond acceptors (Lipinski definition) is 4. The predicted octanol–water partition coefficient (Wildman–Crippen LogP) is 2.53. The highest BCUT2D eigenvalue weighted by atomic mass is 127. The number of anilines is 1. The van der Waals surface area contributed by atoms with Crippen LogP contribution in [0.4, 0.5) is 11.4 Å². The molecule has 0 radical (unpaired) electrons. The molecule has 2 rings (SSSR count). The van der Waals surface area contributed by atoms with E-state index in [-0.39, 0.29) is 5.69 Å². The third-order valence-corrected chi connectivity index (χ3v) is 3.09. The average molecular weight is 344 g/mol. The molecule has 0 amide bonds. The van der Waals surface area contributed by atoms with Crippen molar-refractivity contribution in [1.29, 1.82) is 0 Å². The van der Waals surface area contributed by atoms with Crippen molar-refractivity contribution in [2.24, 2.45) is 0 Å². The minimum Gasteiger partial charge on any atom is -0.380 e. The van der Waals surface area contributed by atoms with Gasteiger partial charge in [0.15, 0.2) is 0 Å². The van der Waals surface area contributed by atoms with Gasteiger partial charge in [-0.15, -0.1) is 0 Å². The van der Waals surface area contributed by atoms with E-state index in [0.29, 0.717) is 6.54 Å². The quantitative estimate of drug-likeness (QED) is 0.507. The first-order valence-electron chi connectivity index (χ1n) is 4.82. The molecule has 7 heteroatoms. The Balaban J connectivity index is 2.09. The molecule has 17 heavy (non-hydrogen) atoms. The van der Waals surface area contributed by atoms with Gasteiger partial charge in [-0.3, -0.25) is 15.2 Å². The van der Waals surface area contributed by atoms with E-state index in [0.717, 1.165) is 14.8 Å². The second-order valence-electron chi connectivity index (χ2n) is 3.38. The van der Waals surface area contributed by atoms with Crippen molar-refractivity contribution in [3.05, 3.63) is 49.8 Å². The van der Waals surface area contributed by atoms with E-state index < -0.39 is 4.92 Å². The number of rotatable bonds is 4. The van der Waals surface area contributed by atoms with Crippen molar-refractivity contribution in [3.8, 4) is 0 Å². The molecule has 0 saturated carbocycles. The SMILES string of the molecule is O=[N+]([O-])c1ccc(NCc2cn[nH]c2)c(I)c1. The van der Waals surface area contributed by atoms with Crippen LogP contribution < -0.4 is 5.32 Å². The molecule has 0 aliphatic heterocycles. The number of H-pyrrole nitrogens is 1. The van der Waals surface area contributed by atoms with Gasteiger partial charge in [0, 0.05) is 39.7 Å². The number of nitrogens with zero attached hydrogens (tertiary/aromatic N) is 2. The van der Waals surface area contributed by atoms with Gasteiger partial charge in [-0.05, 0) is 28.7 Å². The molecule has 0 unspecified atom stereocenters.